The number of para-hydroxylation sites is 1. The van der Waals surface area contributed by atoms with Crippen molar-refractivity contribution in [3.63, 3.8) is 0 Å². The summed E-state index contributed by atoms with van der Waals surface area (Å²) in [5.74, 6) is 0.787. The van der Waals surface area contributed by atoms with Crippen molar-refractivity contribution in [1.82, 2.24) is 10.2 Å². The van der Waals surface area contributed by atoms with Crippen LogP contribution in [0.1, 0.15) is 47.9 Å². The van der Waals surface area contributed by atoms with E-state index in [4.69, 9.17) is 0 Å². The van der Waals surface area contributed by atoms with Crippen LogP contribution in [0.25, 0.3) is 0 Å². The lowest BCUT2D eigenvalue weighted by molar-refractivity contribution is 0.186. The maximum Gasteiger partial charge on any atom is 0.0948 e. The number of piperazine rings is 1. The average Bonchev–Trinajstić information content (AvgIpc) is 3.85. The van der Waals surface area contributed by atoms with Gasteiger partial charge in [-0.3, -0.25) is 10.2 Å². The van der Waals surface area contributed by atoms with Gasteiger partial charge in [0.15, 0.2) is 0 Å². The molecule has 6 rings (SSSR count). The molecular formula is C35H39N3. The second-order valence-corrected chi connectivity index (χ2v) is 10.9. The number of hydrogen-bond acceptors (Lipinski definition) is 3. The van der Waals surface area contributed by atoms with E-state index in [9.17, 15) is 0 Å². The summed E-state index contributed by atoms with van der Waals surface area (Å²) in [6.45, 7) is 7.65. The number of rotatable bonds is 9. The molecule has 0 aromatic heterocycles. The van der Waals surface area contributed by atoms with Crippen LogP contribution < -0.4 is 10.2 Å². The second-order valence-electron chi connectivity index (χ2n) is 10.9. The topological polar surface area (TPSA) is 18.5 Å². The zero-order chi connectivity index (χ0) is 25.8. The molecule has 1 saturated heterocycles. The highest BCUT2D eigenvalue weighted by Crippen LogP contribution is 2.44. The van der Waals surface area contributed by atoms with Gasteiger partial charge in [-0.05, 0) is 54.0 Å². The Morgan fingerprint density at radius 1 is 0.658 bits per heavy atom. The summed E-state index contributed by atoms with van der Waals surface area (Å²) in [6.07, 6.45) is 2.71. The maximum atomic E-state index is 4.10. The van der Waals surface area contributed by atoms with Gasteiger partial charge in [0.05, 0.1) is 5.54 Å². The molecule has 1 aliphatic carbocycles. The number of hydrogen-bond donors (Lipinski definition) is 1. The third kappa shape index (κ3) is 5.01. The first-order chi connectivity index (χ1) is 18.8. The van der Waals surface area contributed by atoms with Gasteiger partial charge in [0.2, 0.25) is 0 Å². The summed E-state index contributed by atoms with van der Waals surface area (Å²) >= 11 is 0. The fraction of sp³-hybridized carbons (Fsp3) is 0.314. The normalized spacial score (nSPS) is 17.3. The third-order valence-electron chi connectivity index (χ3n) is 8.52. The fourth-order valence-corrected chi connectivity index (χ4v) is 6.22. The molecule has 0 bridgehead atoms. The first kappa shape index (κ1) is 24.9. The van der Waals surface area contributed by atoms with E-state index >= 15 is 0 Å². The van der Waals surface area contributed by atoms with Crippen molar-refractivity contribution in [1.29, 1.82) is 0 Å². The highest BCUT2D eigenvalue weighted by atomic mass is 15.3. The monoisotopic (exact) mass is 501 g/mol. The van der Waals surface area contributed by atoms with E-state index in [1.165, 1.54) is 35.2 Å². The number of benzene rings is 4. The molecule has 2 fully saturated rings. The Morgan fingerprint density at radius 2 is 1.13 bits per heavy atom. The first-order valence-corrected chi connectivity index (χ1v) is 14.3. The predicted molar refractivity (Wildman–Crippen MR) is 159 cm³/mol. The van der Waals surface area contributed by atoms with Crippen molar-refractivity contribution >= 4 is 5.69 Å². The zero-order valence-electron chi connectivity index (χ0n) is 22.5. The van der Waals surface area contributed by atoms with Crippen molar-refractivity contribution in [3.8, 4) is 0 Å². The smallest absolute Gasteiger partial charge is 0.0948 e. The molecule has 4 aromatic carbocycles. The highest BCUT2D eigenvalue weighted by molar-refractivity contribution is 5.57. The SMILES string of the molecule is CC(CNC(c1ccccc1)(c1ccccc1)c1ccccc1)N1CCN(c2ccccc2C2CC2)CC1. The summed E-state index contributed by atoms with van der Waals surface area (Å²) in [7, 11) is 0. The molecule has 1 unspecified atom stereocenters. The molecule has 1 heterocycles. The Kier molecular flexibility index (Phi) is 7.31. The Balaban J connectivity index is 1.22. The molecule has 4 aromatic rings. The van der Waals surface area contributed by atoms with Gasteiger partial charge in [-0.25, -0.2) is 0 Å². The fourth-order valence-electron chi connectivity index (χ4n) is 6.22. The third-order valence-corrected chi connectivity index (χ3v) is 8.52. The van der Waals surface area contributed by atoms with Gasteiger partial charge in [0, 0.05) is 44.5 Å². The zero-order valence-corrected chi connectivity index (χ0v) is 22.5. The van der Waals surface area contributed by atoms with E-state index in [0.29, 0.717) is 6.04 Å². The van der Waals surface area contributed by atoms with Crippen molar-refractivity contribution in [3.05, 3.63) is 138 Å². The summed E-state index contributed by atoms with van der Waals surface area (Å²) < 4.78 is 0. The van der Waals surface area contributed by atoms with Crippen molar-refractivity contribution in [2.45, 2.75) is 37.3 Å². The standard InChI is InChI=1S/C35H39N3/c1-28(37-23-25-38(26-24-37)34-20-12-11-19-33(34)29-21-22-29)27-36-35(30-13-5-2-6-14-30,31-15-7-3-8-16-31)32-17-9-4-10-18-32/h2-20,28-29,36H,21-27H2,1H3. The number of anilines is 1. The van der Waals surface area contributed by atoms with Crippen LogP contribution in [0.15, 0.2) is 115 Å². The highest BCUT2D eigenvalue weighted by Gasteiger charge is 2.37. The lowest BCUT2D eigenvalue weighted by Crippen LogP contribution is -2.55. The largest absolute Gasteiger partial charge is 0.369 e. The van der Waals surface area contributed by atoms with Gasteiger partial charge in [0.1, 0.15) is 0 Å². The van der Waals surface area contributed by atoms with Crippen LogP contribution in [-0.2, 0) is 5.54 Å². The van der Waals surface area contributed by atoms with Gasteiger partial charge < -0.3 is 4.90 Å². The molecule has 38 heavy (non-hydrogen) atoms. The lowest BCUT2D eigenvalue weighted by atomic mass is 9.77. The molecule has 3 heteroatoms. The lowest BCUT2D eigenvalue weighted by Gasteiger charge is -2.42. The van der Waals surface area contributed by atoms with Crippen LogP contribution in [0.4, 0.5) is 5.69 Å². The molecule has 1 atom stereocenters. The van der Waals surface area contributed by atoms with Gasteiger partial charge in [-0.1, -0.05) is 109 Å². The molecule has 1 saturated carbocycles. The van der Waals surface area contributed by atoms with E-state index in [1.807, 2.05) is 0 Å². The Morgan fingerprint density at radius 3 is 1.63 bits per heavy atom. The Bertz CT molecular complexity index is 1200. The minimum Gasteiger partial charge on any atom is -0.369 e. The van der Waals surface area contributed by atoms with Crippen LogP contribution in [0, 0.1) is 0 Å². The maximum absolute atomic E-state index is 4.10. The van der Waals surface area contributed by atoms with Crippen LogP contribution in [0.5, 0.6) is 0 Å². The molecule has 0 radical (unpaired) electrons. The quantitative estimate of drug-likeness (QED) is 0.259. The summed E-state index contributed by atoms with van der Waals surface area (Å²) in [5, 5.41) is 4.10. The molecule has 1 aliphatic heterocycles. The number of nitrogens with one attached hydrogen (secondary N) is 1. The molecule has 194 valence electrons. The van der Waals surface area contributed by atoms with Crippen molar-refractivity contribution in [2.24, 2.45) is 0 Å². The van der Waals surface area contributed by atoms with Crippen LogP contribution in [-0.4, -0.2) is 43.7 Å². The summed E-state index contributed by atoms with van der Waals surface area (Å²) in [5.41, 5.74) is 6.43. The number of nitrogens with zero attached hydrogens (tertiary/aromatic N) is 2. The first-order valence-electron chi connectivity index (χ1n) is 14.3. The minimum absolute atomic E-state index is 0.414. The van der Waals surface area contributed by atoms with E-state index < -0.39 is 5.54 Å². The van der Waals surface area contributed by atoms with Crippen LogP contribution >= 0.6 is 0 Å². The van der Waals surface area contributed by atoms with Crippen molar-refractivity contribution in [2.75, 3.05) is 37.6 Å². The van der Waals surface area contributed by atoms with Crippen molar-refractivity contribution < 1.29 is 0 Å². The van der Waals surface area contributed by atoms with Gasteiger partial charge >= 0.3 is 0 Å². The molecule has 3 nitrogen and oxygen atoms in total. The summed E-state index contributed by atoms with van der Waals surface area (Å²) in [4.78, 5) is 5.28. The van der Waals surface area contributed by atoms with Gasteiger partial charge in [-0.2, -0.15) is 0 Å². The molecule has 0 amide bonds. The van der Waals surface area contributed by atoms with E-state index in [-0.39, 0.29) is 0 Å². The van der Waals surface area contributed by atoms with E-state index in [2.05, 4.69) is 137 Å². The van der Waals surface area contributed by atoms with Gasteiger partial charge in [-0.15, -0.1) is 0 Å². The molecule has 0 spiro atoms. The Labute approximate surface area is 228 Å². The second kappa shape index (κ2) is 11.1. The average molecular weight is 502 g/mol. The van der Waals surface area contributed by atoms with Crippen LogP contribution in [0.3, 0.4) is 0 Å². The molecule has 2 aliphatic rings. The predicted octanol–water partition coefficient (Wildman–Crippen LogP) is 6.66. The molecular weight excluding hydrogens is 462 g/mol. The molecule has 1 N–H and O–H groups in total. The summed E-state index contributed by atoms with van der Waals surface area (Å²) in [6, 6.07) is 42.3. The minimum atomic E-state index is -0.414. The van der Waals surface area contributed by atoms with E-state index in [0.717, 1.165) is 38.6 Å². The van der Waals surface area contributed by atoms with Crippen LogP contribution in [0.2, 0.25) is 0 Å². The van der Waals surface area contributed by atoms with E-state index in [1.54, 1.807) is 5.56 Å². The van der Waals surface area contributed by atoms with Gasteiger partial charge in [0.25, 0.3) is 0 Å². The Hall–Kier alpha value is -3.40.